The molecular weight excluding hydrogens is 394 g/mol. The topological polar surface area (TPSA) is 46.5 Å². The van der Waals surface area contributed by atoms with E-state index in [1.165, 1.54) is 24.3 Å². The lowest BCUT2D eigenvalue weighted by Gasteiger charge is -2.38. The molecule has 5 atom stereocenters. The summed E-state index contributed by atoms with van der Waals surface area (Å²) in [5.74, 6) is -0.993. The van der Waals surface area contributed by atoms with Gasteiger partial charge in [0.05, 0.1) is 18.1 Å². The Kier molecular flexibility index (Phi) is 6.04. The van der Waals surface area contributed by atoms with Crippen LogP contribution in [0.1, 0.15) is 43.4 Å². The average molecular weight is 419 g/mol. The largest absolute Gasteiger partial charge is 0.392 e. The van der Waals surface area contributed by atoms with Crippen LogP contribution in [0.3, 0.4) is 0 Å². The van der Waals surface area contributed by atoms with Gasteiger partial charge < -0.3 is 9.84 Å². The molecular formula is C23H24F2O3S. The number of thioether (sulfide) groups is 1. The van der Waals surface area contributed by atoms with Crippen LogP contribution < -0.4 is 0 Å². The molecule has 2 aliphatic rings. The first-order chi connectivity index (χ1) is 14.0. The van der Waals surface area contributed by atoms with Crippen LogP contribution in [0.2, 0.25) is 0 Å². The van der Waals surface area contributed by atoms with Gasteiger partial charge in [0, 0.05) is 16.9 Å². The van der Waals surface area contributed by atoms with E-state index >= 15 is 0 Å². The third kappa shape index (κ3) is 4.25. The fourth-order valence-corrected chi connectivity index (χ4v) is 6.27. The van der Waals surface area contributed by atoms with E-state index in [0.29, 0.717) is 19.3 Å². The summed E-state index contributed by atoms with van der Waals surface area (Å²) < 4.78 is 33.4. The Bertz CT molecular complexity index is 810. The van der Waals surface area contributed by atoms with Crippen LogP contribution in [0.15, 0.2) is 48.5 Å². The molecule has 0 amide bonds. The Labute approximate surface area is 173 Å². The van der Waals surface area contributed by atoms with Gasteiger partial charge in [0.25, 0.3) is 0 Å². The maximum atomic E-state index is 13.5. The van der Waals surface area contributed by atoms with Gasteiger partial charge in [0.2, 0.25) is 0 Å². The van der Waals surface area contributed by atoms with Crippen molar-refractivity contribution >= 4 is 17.5 Å². The number of fused-ring (bicyclic) bond motifs is 2. The van der Waals surface area contributed by atoms with Gasteiger partial charge in [0.15, 0.2) is 0 Å². The second-order valence-electron chi connectivity index (χ2n) is 7.76. The van der Waals surface area contributed by atoms with Crippen molar-refractivity contribution in [2.75, 3.05) is 0 Å². The first-order valence-electron chi connectivity index (χ1n) is 9.99. The minimum atomic E-state index is -0.548. The molecule has 2 bridgehead atoms. The van der Waals surface area contributed by atoms with Crippen molar-refractivity contribution in [3.05, 3.63) is 71.3 Å². The maximum absolute atomic E-state index is 13.5. The molecule has 2 aromatic rings. The highest BCUT2D eigenvalue weighted by Crippen LogP contribution is 2.49. The van der Waals surface area contributed by atoms with E-state index in [-0.39, 0.29) is 39.9 Å². The first kappa shape index (κ1) is 20.5. The van der Waals surface area contributed by atoms with Crippen LogP contribution in [0.25, 0.3) is 0 Å². The summed E-state index contributed by atoms with van der Waals surface area (Å²) in [6, 6.07) is 12.1. The lowest BCUT2D eigenvalue weighted by molar-refractivity contribution is -0.130. The third-order valence-corrected chi connectivity index (χ3v) is 7.55. The van der Waals surface area contributed by atoms with E-state index in [0.717, 1.165) is 11.1 Å². The van der Waals surface area contributed by atoms with Crippen LogP contribution in [0.5, 0.6) is 0 Å². The second-order valence-corrected chi connectivity index (χ2v) is 9.25. The smallest absolute Gasteiger partial charge is 0.139 e. The molecule has 2 aliphatic heterocycles. The molecule has 29 heavy (non-hydrogen) atoms. The van der Waals surface area contributed by atoms with Gasteiger partial charge in [-0.1, -0.05) is 31.2 Å². The number of benzene rings is 2. The zero-order valence-corrected chi connectivity index (χ0v) is 16.9. The Hall–Kier alpha value is -1.76. The molecule has 1 N–H and O–H groups in total. The van der Waals surface area contributed by atoms with E-state index in [1.807, 2.05) is 6.92 Å². The molecule has 154 valence electrons. The lowest BCUT2D eigenvalue weighted by atomic mass is 9.89. The number of hydrogen-bond acceptors (Lipinski definition) is 4. The summed E-state index contributed by atoms with van der Waals surface area (Å²) >= 11 is 1.69. The predicted octanol–water partition coefficient (Wildman–Crippen LogP) is 4.67. The third-order valence-electron chi connectivity index (χ3n) is 5.86. The van der Waals surface area contributed by atoms with Gasteiger partial charge in [-0.05, 0) is 48.2 Å². The highest BCUT2D eigenvalue weighted by atomic mass is 32.2. The van der Waals surface area contributed by atoms with Gasteiger partial charge >= 0.3 is 0 Å². The number of ketones is 1. The normalized spacial score (nSPS) is 28.7. The number of ether oxygens (including phenoxy) is 1. The highest BCUT2D eigenvalue weighted by Gasteiger charge is 2.51. The summed E-state index contributed by atoms with van der Waals surface area (Å²) in [6.07, 6.45) is 0.322. The molecule has 0 radical (unpaired) electrons. The molecule has 6 heteroatoms. The molecule has 0 saturated carbocycles. The minimum absolute atomic E-state index is 0.0869. The molecule has 0 spiro atoms. The molecule has 3 nitrogen and oxygen atoms in total. The Morgan fingerprint density at radius 1 is 1.07 bits per heavy atom. The minimum Gasteiger partial charge on any atom is -0.392 e. The predicted molar refractivity (Wildman–Crippen MR) is 109 cm³/mol. The summed E-state index contributed by atoms with van der Waals surface area (Å²) in [5, 5.41) is 10.5. The van der Waals surface area contributed by atoms with Crippen molar-refractivity contribution < 1.29 is 23.4 Å². The molecule has 2 fully saturated rings. The zero-order chi connectivity index (χ0) is 20.5. The van der Waals surface area contributed by atoms with Crippen LogP contribution in [0, 0.1) is 17.6 Å². The Morgan fingerprint density at radius 2 is 1.62 bits per heavy atom. The number of carbonyl (C=O) groups is 1. The Morgan fingerprint density at radius 3 is 2.14 bits per heavy atom. The highest BCUT2D eigenvalue weighted by molar-refractivity contribution is 8.00. The quantitative estimate of drug-likeness (QED) is 0.740. The van der Waals surface area contributed by atoms with E-state index in [2.05, 4.69) is 0 Å². The van der Waals surface area contributed by atoms with Crippen LogP contribution in [-0.2, 0) is 9.53 Å². The molecule has 0 aromatic heterocycles. The van der Waals surface area contributed by atoms with Gasteiger partial charge in [0.1, 0.15) is 23.5 Å². The van der Waals surface area contributed by atoms with Gasteiger partial charge in [-0.25, -0.2) is 8.78 Å². The monoisotopic (exact) mass is 418 g/mol. The number of aliphatic hydroxyl groups is 1. The SMILES string of the molecule is CCC(=O)C1C(OC(c2ccc(F)cc2)c2ccc(F)cc2)CC2CC(O)C1S2. The van der Waals surface area contributed by atoms with Crippen LogP contribution >= 0.6 is 11.8 Å². The maximum Gasteiger partial charge on any atom is 0.139 e. The lowest BCUT2D eigenvalue weighted by Crippen LogP contribution is -2.44. The van der Waals surface area contributed by atoms with Gasteiger partial charge in [-0.15, -0.1) is 0 Å². The molecule has 2 saturated heterocycles. The van der Waals surface area contributed by atoms with E-state index < -0.39 is 12.2 Å². The number of carbonyl (C=O) groups excluding carboxylic acids is 1. The van der Waals surface area contributed by atoms with Crippen LogP contribution in [-0.4, -0.2) is 33.6 Å². The summed E-state index contributed by atoms with van der Waals surface area (Å²) in [4.78, 5) is 12.8. The fourth-order valence-electron chi connectivity index (χ4n) is 4.43. The van der Waals surface area contributed by atoms with Crippen LogP contribution in [0.4, 0.5) is 8.78 Å². The fraction of sp³-hybridized carbons (Fsp3) is 0.435. The second kappa shape index (κ2) is 8.54. The van der Waals surface area contributed by atoms with Crippen molar-refractivity contribution in [1.29, 1.82) is 0 Å². The number of halogens is 2. The number of aliphatic hydroxyl groups excluding tert-OH is 1. The molecule has 4 rings (SSSR count). The summed E-state index contributed by atoms with van der Waals surface area (Å²) in [5.41, 5.74) is 1.48. The standard InChI is InChI=1S/C23H24F2O3S/c1-2-18(26)21-20(12-17-11-19(27)23(21)29-17)28-22(13-3-7-15(24)8-4-13)14-5-9-16(25)10-6-14/h3-10,17,19-23,27H,2,11-12H2,1H3. The number of hydrogen-bond donors (Lipinski definition) is 1. The number of rotatable bonds is 6. The van der Waals surface area contributed by atoms with Gasteiger partial charge in [-0.2, -0.15) is 11.8 Å². The summed E-state index contributed by atoms with van der Waals surface area (Å²) in [6.45, 7) is 1.83. The van der Waals surface area contributed by atoms with E-state index in [1.54, 1.807) is 36.0 Å². The molecule has 0 aliphatic carbocycles. The van der Waals surface area contributed by atoms with E-state index in [4.69, 9.17) is 4.74 Å². The van der Waals surface area contributed by atoms with Crippen molar-refractivity contribution in [3.63, 3.8) is 0 Å². The number of Topliss-reactive ketones (excluding diaryl/α,β-unsaturated/α-hetero) is 1. The molecule has 2 heterocycles. The Balaban J connectivity index is 1.68. The van der Waals surface area contributed by atoms with E-state index in [9.17, 15) is 18.7 Å². The summed E-state index contributed by atoms with van der Waals surface area (Å²) in [7, 11) is 0. The van der Waals surface area contributed by atoms with Gasteiger partial charge in [-0.3, -0.25) is 4.79 Å². The van der Waals surface area contributed by atoms with Crippen molar-refractivity contribution in [2.45, 2.75) is 55.0 Å². The molecule has 2 aromatic carbocycles. The zero-order valence-electron chi connectivity index (χ0n) is 16.1. The first-order valence-corrected chi connectivity index (χ1v) is 10.9. The van der Waals surface area contributed by atoms with Crippen molar-refractivity contribution in [3.8, 4) is 0 Å². The average Bonchev–Trinajstić information content (AvgIpc) is 3.01. The van der Waals surface area contributed by atoms with Crippen molar-refractivity contribution in [1.82, 2.24) is 0 Å². The molecule has 5 unspecified atom stereocenters. The van der Waals surface area contributed by atoms with Crippen molar-refractivity contribution in [2.24, 2.45) is 5.92 Å².